The average Bonchev–Trinajstić information content (AvgIpc) is 3.40. The molecule has 8 nitrogen and oxygen atoms in total. The summed E-state index contributed by atoms with van der Waals surface area (Å²) in [4.78, 5) is 30.3. The summed E-state index contributed by atoms with van der Waals surface area (Å²) >= 11 is 0. The number of aromatic amines is 1. The summed E-state index contributed by atoms with van der Waals surface area (Å²) in [7, 11) is 0. The van der Waals surface area contributed by atoms with Crippen LogP contribution in [0.3, 0.4) is 0 Å². The minimum atomic E-state index is -0.324. The van der Waals surface area contributed by atoms with Crippen molar-refractivity contribution >= 4 is 22.6 Å². The molecule has 0 bridgehead atoms. The van der Waals surface area contributed by atoms with Crippen LogP contribution in [0.1, 0.15) is 28.3 Å². The first-order chi connectivity index (χ1) is 18.1. The minimum absolute atomic E-state index is 0.0363. The number of hydrogen-bond acceptors (Lipinski definition) is 5. The lowest BCUT2D eigenvalue weighted by Gasteiger charge is -2.19. The fraction of sp³-hybridized carbons (Fsp3) is 0.172. The molecule has 3 aromatic carbocycles. The molecule has 2 heterocycles. The van der Waals surface area contributed by atoms with Crippen LogP contribution in [-0.2, 0) is 17.9 Å². The van der Waals surface area contributed by atoms with Gasteiger partial charge in [0.2, 0.25) is 5.91 Å². The number of amides is 1. The Morgan fingerprint density at radius 2 is 1.68 bits per heavy atom. The number of aromatic nitrogens is 4. The SMILES string of the molecule is Cc1cnc(NCC(c2ccccc2)c2ccccc2)c(=O)n1CC(=O)NCc1ccc2[nH]ncc2c1. The van der Waals surface area contributed by atoms with E-state index in [9.17, 15) is 9.59 Å². The Morgan fingerprint density at radius 3 is 2.38 bits per heavy atom. The van der Waals surface area contributed by atoms with Gasteiger partial charge in [0.1, 0.15) is 6.54 Å². The Labute approximate surface area is 214 Å². The molecule has 5 rings (SSSR count). The number of carbonyl (C=O) groups excluding carboxylic acids is 1. The molecule has 0 unspecified atom stereocenters. The fourth-order valence-electron chi connectivity index (χ4n) is 4.39. The highest BCUT2D eigenvalue weighted by Gasteiger charge is 2.17. The largest absolute Gasteiger partial charge is 0.365 e. The number of aryl methyl sites for hydroxylation is 1. The van der Waals surface area contributed by atoms with Crippen molar-refractivity contribution in [1.29, 1.82) is 0 Å². The first-order valence-electron chi connectivity index (χ1n) is 12.2. The molecule has 0 aliphatic carbocycles. The number of hydrogen-bond donors (Lipinski definition) is 3. The predicted molar refractivity (Wildman–Crippen MR) is 144 cm³/mol. The Balaban J connectivity index is 1.28. The summed E-state index contributed by atoms with van der Waals surface area (Å²) in [5.74, 6) is 0.0102. The van der Waals surface area contributed by atoms with Crippen LogP contribution < -0.4 is 16.2 Å². The van der Waals surface area contributed by atoms with Crippen LogP contribution in [0.2, 0.25) is 0 Å². The summed E-state index contributed by atoms with van der Waals surface area (Å²) in [5.41, 5.74) is 4.47. The summed E-state index contributed by atoms with van der Waals surface area (Å²) in [6, 6.07) is 26.2. The van der Waals surface area contributed by atoms with E-state index in [1.165, 1.54) is 4.57 Å². The molecule has 1 amide bonds. The van der Waals surface area contributed by atoms with Gasteiger partial charge in [0, 0.05) is 36.3 Å². The third-order valence-electron chi connectivity index (χ3n) is 6.43. The minimum Gasteiger partial charge on any atom is -0.365 e. The molecule has 2 aromatic heterocycles. The van der Waals surface area contributed by atoms with E-state index >= 15 is 0 Å². The lowest BCUT2D eigenvalue weighted by atomic mass is 9.91. The highest BCUT2D eigenvalue weighted by Crippen LogP contribution is 2.24. The Hall–Kier alpha value is -4.72. The van der Waals surface area contributed by atoms with Crippen molar-refractivity contribution in [2.24, 2.45) is 0 Å². The zero-order valence-corrected chi connectivity index (χ0v) is 20.5. The van der Waals surface area contributed by atoms with E-state index < -0.39 is 0 Å². The highest BCUT2D eigenvalue weighted by molar-refractivity contribution is 5.79. The molecule has 5 aromatic rings. The second kappa shape index (κ2) is 10.9. The highest BCUT2D eigenvalue weighted by atomic mass is 16.2. The van der Waals surface area contributed by atoms with Gasteiger partial charge in [-0.15, -0.1) is 0 Å². The normalized spacial score (nSPS) is 11.1. The van der Waals surface area contributed by atoms with Gasteiger partial charge in [-0.1, -0.05) is 66.7 Å². The van der Waals surface area contributed by atoms with Crippen LogP contribution in [0.4, 0.5) is 5.82 Å². The second-order valence-electron chi connectivity index (χ2n) is 8.96. The van der Waals surface area contributed by atoms with E-state index in [0.29, 0.717) is 18.8 Å². The van der Waals surface area contributed by atoms with E-state index in [0.717, 1.165) is 27.6 Å². The molecule has 0 saturated heterocycles. The van der Waals surface area contributed by atoms with Gasteiger partial charge in [0.05, 0.1) is 11.7 Å². The molecule has 0 aliphatic heterocycles. The Kier molecular flexibility index (Phi) is 7.07. The standard InChI is InChI=1S/C29H28N6O2/c1-20-15-31-28(32-18-25(22-8-4-2-5-9-22)23-10-6-3-7-11-23)29(37)35(20)19-27(36)30-16-21-12-13-26-24(14-21)17-33-34-26/h2-15,17,25H,16,18-19H2,1H3,(H,30,36)(H,31,32)(H,33,34). The smallest absolute Gasteiger partial charge is 0.293 e. The topological polar surface area (TPSA) is 105 Å². The number of benzene rings is 3. The lowest BCUT2D eigenvalue weighted by molar-refractivity contribution is -0.121. The number of carbonyl (C=O) groups is 1. The van der Waals surface area contributed by atoms with Gasteiger partial charge in [-0.3, -0.25) is 19.3 Å². The van der Waals surface area contributed by atoms with E-state index in [1.807, 2.05) is 54.6 Å². The van der Waals surface area contributed by atoms with Gasteiger partial charge in [-0.05, 0) is 35.7 Å². The van der Waals surface area contributed by atoms with Gasteiger partial charge in [-0.2, -0.15) is 5.10 Å². The number of rotatable bonds is 9. The fourth-order valence-corrected chi connectivity index (χ4v) is 4.39. The van der Waals surface area contributed by atoms with Gasteiger partial charge in [0.15, 0.2) is 5.82 Å². The van der Waals surface area contributed by atoms with Crippen molar-refractivity contribution in [2.45, 2.75) is 25.9 Å². The van der Waals surface area contributed by atoms with E-state index in [1.54, 1.807) is 19.3 Å². The number of anilines is 1. The number of nitrogens with one attached hydrogen (secondary N) is 3. The molecule has 186 valence electrons. The second-order valence-corrected chi connectivity index (χ2v) is 8.96. The molecule has 0 fully saturated rings. The van der Waals surface area contributed by atoms with Crippen LogP contribution in [0.15, 0.2) is 96.1 Å². The first-order valence-corrected chi connectivity index (χ1v) is 12.2. The van der Waals surface area contributed by atoms with E-state index in [2.05, 4.69) is 50.1 Å². The third kappa shape index (κ3) is 5.59. The Bertz CT molecular complexity index is 1520. The zero-order valence-electron chi connectivity index (χ0n) is 20.5. The van der Waals surface area contributed by atoms with Gasteiger partial charge >= 0.3 is 0 Å². The summed E-state index contributed by atoms with van der Waals surface area (Å²) in [5, 5.41) is 14.0. The maximum atomic E-state index is 13.2. The van der Waals surface area contributed by atoms with Crippen LogP contribution >= 0.6 is 0 Å². The number of fused-ring (bicyclic) bond motifs is 1. The predicted octanol–water partition coefficient (Wildman–Crippen LogP) is 3.99. The van der Waals surface area contributed by atoms with Crippen molar-refractivity contribution in [2.75, 3.05) is 11.9 Å². The average molecular weight is 493 g/mol. The molecule has 0 atom stereocenters. The summed E-state index contributed by atoms with van der Waals surface area (Å²) in [6.45, 7) is 2.54. The lowest BCUT2D eigenvalue weighted by Crippen LogP contribution is -2.35. The van der Waals surface area contributed by atoms with Crippen LogP contribution in [-0.4, -0.2) is 32.2 Å². The molecule has 0 saturated carbocycles. The van der Waals surface area contributed by atoms with Crippen molar-refractivity contribution in [3.05, 3.63) is 124 Å². The molecule has 0 aliphatic rings. The quantitative estimate of drug-likeness (QED) is 0.289. The maximum Gasteiger partial charge on any atom is 0.293 e. The van der Waals surface area contributed by atoms with Crippen molar-refractivity contribution in [3.63, 3.8) is 0 Å². The molecule has 37 heavy (non-hydrogen) atoms. The molecule has 0 spiro atoms. The number of H-pyrrole nitrogens is 1. The molecule has 8 heteroatoms. The molecular formula is C29H28N6O2. The van der Waals surface area contributed by atoms with Crippen molar-refractivity contribution in [1.82, 2.24) is 25.1 Å². The number of nitrogens with zero attached hydrogens (tertiary/aromatic N) is 3. The summed E-state index contributed by atoms with van der Waals surface area (Å²) < 4.78 is 1.45. The first kappa shape index (κ1) is 24.0. The van der Waals surface area contributed by atoms with Gasteiger partial charge in [0.25, 0.3) is 5.56 Å². The molecule has 0 radical (unpaired) electrons. The molecule has 3 N–H and O–H groups in total. The summed E-state index contributed by atoms with van der Waals surface area (Å²) in [6.07, 6.45) is 3.36. The third-order valence-corrected chi connectivity index (χ3v) is 6.43. The van der Waals surface area contributed by atoms with Crippen LogP contribution in [0, 0.1) is 6.92 Å². The zero-order chi connectivity index (χ0) is 25.6. The monoisotopic (exact) mass is 492 g/mol. The Morgan fingerprint density at radius 1 is 0.973 bits per heavy atom. The van der Waals surface area contributed by atoms with E-state index in [-0.39, 0.29) is 29.7 Å². The van der Waals surface area contributed by atoms with Crippen LogP contribution in [0.5, 0.6) is 0 Å². The van der Waals surface area contributed by atoms with E-state index in [4.69, 9.17) is 0 Å². The maximum absolute atomic E-state index is 13.2. The van der Waals surface area contributed by atoms with Crippen molar-refractivity contribution < 1.29 is 4.79 Å². The van der Waals surface area contributed by atoms with Crippen LogP contribution in [0.25, 0.3) is 10.9 Å². The van der Waals surface area contributed by atoms with Gasteiger partial charge < -0.3 is 10.6 Å². The van der Waals surface area contributed by atoms with Gasteiger partial charge in [-0.25, -0.2) is 4.98 Å². The molecular weight excluding hydrogens is 464 g/mol. The van der Waals surface area contributed by atoms with Crippen molar-refractivity contribution in [3.8, 4) is 0 Å².